The van der Waals surface area contributed by atoms with Crippen molar-refractivity contribution in [3.8, 4) is 0 Å². The van der Waals surface area contributed by atoms with Crippen molar-refractivity contribution in [2.45, 2.75) is 77.2 Å². The highest BCUT2D eigenvalue weighted by atomic mass is 14.9. The minimum atomic E-state index is 0.806. The van der Waals surface area contributed by atoms with Gasteiger partial charge in [0.25, 0.3) is 0 Å². The van der Waals surface area contributed by atoms with Gasteiger partial charge in [-0.25, -0.2) is 0 Å². The highest BCUT2D eigenvalue weighted by Gasteiger charge is 2.28. The monoisotopic (exact) mass is 237 g/mol. The maximum absolute atomic E-state index is 3.64. The van der Waals surface area contributed by atoms with Crippen LogP contribution in [0.25, 0.3) is 0 Å². The molecule has 0 radical (unpaired) electrons. The van der Waals surface area contributed by atoms with E-state index >= 15 is 0 Å². The first-order chi connectivity index (χ1) is 8.29. The van der Waals surface area contributed by atoms with Crippen molar-refractivity contribution in [1.29, 1.82) is 0 Å². The van der Waals surface area contributed by atoms with Crippen LogP contribution in [-0.4, -0.2) is 13.1 Å². The fourth-order valence-electron chi connectivity index (χ4n) is 4.17. The Morgan fingerprint density at radius 1 is 1.00 bits per heavy atom. The minimum absolute atomic E-state index is 0.806. The molecule has 0 saturated heterocycles. The summed E-state index contributed by atoms with van der Waals surface area (Å²) in [6.45, 7) is 2.44. The van der Waals surface area contributed by atoms with Crippen LogP contribution >= 0.6 is 0 Å². The molecule has 2 aliphatic carbocycles. The Morgan fingerprint density at radius 2 is 1.76 bits per heavy atom. The zero-order valence-electron chi connectivity index (χ0n) is 11.9. The van der Waals surface area contributed by atoms with E-state index in [1.807, 2.05) is 0 Å². The molecule has 0 aromatic rings. The van der Waals surface area contributed by atoms with Crippen LogP contribution in [0.3, 0.4) is 0 Å². The molecule has 0 bridgehead atoms. The first-order valence-corrected chi connectivity index (χ1v) is 7.97. The Bertz CT molecular complexity index is 208. The molecule has 2 fully saturated rings. The van der Waals surface area contributed by atoms with E-state index < -0.39 is 0 Å². The second-order valence-corrected chi connectivity index (χ2v) is 6.67. The normalized spacial score (nSPS) is 33.5. The van der Waals surface area contributed by atoms with Crippen LogP contribution in [0.1, 0.15) is 71.1 Å². The van der Waals surface area contributed by atoms with Gasteiger partial charge in [-0.1, -0.05) is 51.9 Å². The van der Waals surface area contributed by atoms with E-state index in [1.165, 1.54) is 64.2 Å². The molecule has 100 valence electrons. The van der Waals surface area contributed by atoms with Crippen LogP contribution in [0.15, 0.2) is 0 Å². The zero-order valence-corrected chi connectivity index (χ0v) is 11.9. The molecular weight excluding hydrogens is 206 g/mol. The number of nitrogens with one attached hydrogen (secondary N) is 1. The van der Waals surface area contributed by atoms with Gasteiger partial charge in [-0.15, -0.1) is 0 Å². The van der Waals surface area contributed by atoms with Crippen molar-refractivity contribution in [3.05, 3.63) is 0 Å². The summed E-state index contributed by atoms with van der Waals surface area (Å²) in [4.78, 5) is 0. The fraction of sp³-hybridized carbons (Fsp3) is 1.00. The maximum Gasteiger partial charge on any atom is 0.00950 e. The summed E-state index contributed by atoms with van der Waals surface area (Å²) in [6, 6.07) is 0.806. The molecule has 0 aliphatic heterocycles. The van der Waals surface area contributed by atoms with Crippen molar-refractivity contribution in [2.24, 2.45) is 17.8 Å². The largest absolute Gasteiger partial charge is 0.317 e. The molecule has 17 heavy (non-hydrogen) atoms. The standard InChI is InChI=1S/C16H31N/c1-13-7-6-10-15(11-13)16(17-2)12-14-8-4-3-5-9-14/h13-17H,3-12H2,1-2H3. The van der Waals surface area contributed by atoms with Gasteiger partial charge in [-0.2, -0.15) is 0 Å². The molecule has 0 aromatic carbocycles. The van der Waals surface area contributed by atoms with Gasteiger partial charge in [0.1, 0.15) is 0 Å². The number of rotatable bonds is 4. The predicted octanol–water partition coefficient (Wildman–Crippen LogP) is 4.37. The van der Waals surface area contributed by atoms with E-state index in [1.54, 1.807) is 0 Å². The molecule has 2 saturated carbocycles. The Hall–Kier alpha value is -0.0400. The highest BCUT2D eigenvalue weighted by molar-refractivity contribution is 4.83. The van der Waals surface area contributed by atoms with Crippen molar-refractivity contribution in [3.63, 3.8) is 0 Å². The Labute approximate surface area is 108 Å². The lowest BCUT2D eigenvalue weighted by atomic mass is 9.74. The van der Waals surface area contributed by atoms with Crippen molar-refractivity contribution in [2.75, 3.05) is 7.05 Å². The first kappa shape index (κ1) is 13.4. The molecule has 0 aromatic heterocycles. The lowest BCUT2D eigenvalue weighted by Gasteiger charge is -2.36. The van der Waals surface area contributed by atoms with Gasteiger partial charge < -0.3 is 5.32 Å². The van der Waals surface area contributed by atoms with E-state index in [-0.39, 0.29) is 0 Å². The van der Waals surface area contributed by atoms with Gasteiger partial charge in [0.05, 0.1) is 0 Å². The molecular formula is C16H31N. The van der Waals surface area contributed by atoms with Gasteiger partial charge in [-0.3, -0.25) is 0 Å². The third-order valence-electron chi connectivity index (χ3n) is 5.23. The number of hydrogen-bond acceptors (Lipinski definition) is 1. The van der Waals surface area contributed by atoms with E-state index in [4.69, 9.17) is 0 Å². The lowest BCUT2D eigenvalue weighted by molar-refractivity contribution is 0.191. The molecule has 0 spiro atoms. The smallest absolute Gasteiger partial charge is 0.00950 e. The lowest BCUT2D eigenvalue weighted by Crippen LogP contribution is -2.38. The summed E-state index contributed by atoms with van der Waals surface area (Å²) in [6.07, 6.45) is 14.8. The second kappa shape index (κ2) is 6.78. The summed E-state index contributed by atoms with van der Waals surface area (Å²) in [7, 11) is 2.19. The van der Waals surface area contributed by atoms with E-state index in [2.05, 4.69) is 19.3 Å². The molecule has 1 N–H and O–H groups in total. The molecule has 3 atom stereocenters. The topological polar surface area (TPSA) is 12.0 Å². The molecule has 3 unspecified atom stereocenters. The summed E-state index contributed by atoms with van der Waals surface area (Å²) in [5.74, 6) is 2.96. The fourth-order valence-corrected chi connectivity index (χ4v) is 4.17. The predicted molar refractivity (Wildman–Crippen MR) is 75.2 cm³/mol. The molecule has 2 aliphatic rings. The van der Waals surface area contributed by atoms with Gasteiger partial charge in [0, 0.05) is 6.04 Å². The van der Waals surface area contributed by atoms with Gasteiger partial charge in [0.15, 0.2) is 0 Å². The Morgan fingerprint density at radius 3 is 2.41 bits per heavy atom. The first-order valence-electron chi connectivity index (χ1n) is 7.97. The third-order valence-corrected chi connectivity index (χ3v) is 5.23. The van der Waals surface area contributed by atoms with Crippen LogP contribution in [0.2, 0.25) is 0 Å². The average Bonchev–Trinajstić information content (AvgIpc) is 2.37. The summed E-state index contributed by atoms with van der Waals surface area (Å²) in [5.41, 5.74) is 0. The molecule has 2 rings (SSSR count). The summed E-state index contributed by atoms with van der Waals surface area (Å²) < 4.78 is 0. The minimum Gasteiger partial charge on any atom is -0.317 e. The SMILES string of the molecule is CNC(CC1CCCCC1)C1CCCC(C)C1. The molecule has 0 heterocycles. The zero-order chi connectivity index (χ0) is 12.1. The van der Waals surface area contributed by atoms with Crippen LogP contribution in [-0.2, 0) is 0 Å². The van der Waals surface area contributed by atoms with Crippen molar-refractivity contribution < 1.29 is 0 Å². The molecule has 1 nitrogen and oxygen atoms in total. The van der Waals surface area contributed by atoms with Crippen LogP contribution in [0, 0.1) is 17.8 Å². The van der Waals surface area contributed by atoms with E-state index in [9.17, 15) is 0 Å². The second-order valence-electron chi connectivity index (χ2n) is 6.67. The Kier molecular flexibility index (Phi) is 5.34. The molecule has 0 amide bonds. The van der Waals surface area contributed by atoms with Crippen molar-refractivity contribution in [1.82, 2.24) is 5.32 Å². The third kappa shape index (κ3) is 3.98. The number of hydrogen-bond donors (Lipinski definition) is 1. The van der Waals surface area contributed by atoms with Crippen LogP contribution in [0.5, 0.6) is 0 Å². The van der Waals surface area contributed by atoms with Crippen molar-refractivity contribution >= 4 is 0 Å². The quantitative estimate of drug-likeness (QED) is 0.765. The van der Waals surface area contributed by atoms with E-state index in [0.717, 1.165) is 23.8 Å². The summed E-state index contributed by atoms with van der Waals surface area (Å²) in [5, 5.41) is 3.64. The maximum atomic E-state index is 3.64. The van der Waals surface area contributed by atoms with Gasteiger partial charge in [0.2, 0.25) is 0 Å². The van der Waals surface area contributed by atoms with Gasteiger partial charge >= 0.3 is 0 Å². The molecule has 1 heteroatoms. The highest BCUT2D eigenvalue weighted by Crippen LogP contribution is 2.35. The van der Waals surface area contributed by atoms with Gasteiger partial charge in [-0.05, 0) is 44.1 Å². The van der Waals surface area contributed by atoms with Crippen LogP contribution < -0.4 is 5.32 Å². The van der Waals surface area contributed by atoms with E-state index in [0.29, 0.717) is 0 Å². The average molecular weight is 237 g/mol. The Balaban J connectivity index is 1.82. The summed E-state index contributed by atoms with van der Waals surface area (Å²) >= 11 is 0. The van der Waals surface area contributed by atoms with Crippen LogP contribution in [0.4, 0.5) is 0 Å².